The van der Waals surface area contributed by atoms with Crippen molar-refractivity contribution < 1.29 is 13.9 Å². The van der Waals surface area contributed by atoms with E-state index in [4.69, 9.17) is 9.15 Å². The number of furan rings is 1. The molecular weight excluding hydrogens is 364 g/mol. The lowest BCUT2D eigenvalue weighted by Crippen LogP contribution is -2.25. The number of amides is 1. The fraction of sp³-hybridized carbons (Fsp3) is 0.211. The van der Waals surface area contributed by atoms with Crippen LogP contribution >= 0.6 is 11.8 Å². The lowest BCUT2D eigenvalue weighted by molar-refractivity contribution is -0.118. The SMILES string of the molecule is C=CCNC(=O)CSc1nnc(-c2ccc(OC)cc2)n1Cc1ccco1. The second kappa shape index (κ2) is 9.09. The Balaban J connectivity index is 1.85. The van der Waals surface area contributed by atoms with Crippen molar-refractivity contribution in [3.8, 4) is 17.1 Å². The third-order valence-corrected chi connectivity index (χ3v) is 4.70. The minimum Gasteiger partial charge on any atom is -0.497 e. The van der Waals surface area contributed by atoms with Crippen LogP contribution in [0.4, 0.5) is 0 Å². The van der Waals surface area contributed by atoms with Gasteiger partial charge in [0, 0.05) is 12.1 Å². The summed E-state index contributed by atoms with van der Waals surface area (Å²) in [7, 11) is 1.63. The maximum Gasteiger partial charge on any atom is 0.230 e. The Kier molecular flexibility index (Phi) is 6.32. The van der Waals surface area contributed by atoms with Crippen LogP contribution in [0.1, 0.15) is 5.76 Å². The first-order valence-corrected chi connectivity index (χ1v) is 9.30. The van der Waals surface area contributed by atoms with Crippen molar-refractivity contribution in [2.24, 2.45) is 0 Å². The molecule has 0 saturated heterocycles. The first-order valence-electron chi connectivity index (χ1n) is 8.31. The number of thioether (sulfide) groups is 1. The highest BCUT2D eigenvalue weighted by atomic mass is 32.2. The summed E-state index contributed by atoms with van der Waals surface area (Å²) in [6.45, 7) is 4.50. The fourth-order valence-corrected chi connectivity index (χ4v) is 3.18. The number of aromatic nitrogens is 3. The van der Waals surface area contributed by atoms with Gasteiger partial charge in [0.05, 0.1) is 25.7 Å². The predicted octanol–water partition coefficient (Wildman–Crippen LogP) is 2.99. The number of benzene rings is 1. The molecule has 8 heteroatoms. The minimum absolute atomic E-state index is 0.0848. The Bertz CT molecular complexity index is 888. The molecule has 0 radical (unpaired) electrons. The van der Waals surface area contributed by atoms with Crippen molar-refractivity contribution >= 4 is 17.7 Å². The van der Waals surface area contributed by atoms with Gasteiger partial charge in [0.2, 0.25) is 5.91 Å². The maximum absolute atomic E-state index is 11.9. The molecule has 0 unspecified atom stereocenters. The summed E-state index contributed by atoms with van der Waals surface area (Å²) in [5.41, 5.74) is 0.901. The molecule has 27 heavy (non-hydrogen) atoms. The monoisotopic (exact) mass is 384 g/mol. The Morgan fingerprint density at radius 1 is 1.33 bits per heavy atom. The molecule has 1 aromatic carbocycles. The lowest BCUT2D eigenvalue weighted by Gasteiger charge is -2.09. The highest BCUT2D eigenvalue weighted by Gasteiger charge is 2.17. The van der Waals surface area contributed by atoms with Crippen molar-refractivity contribution in [2.45, 2.75) is 11.7 Å². The highest BCUT2D eigenvalue weighted by Crippen LogP contribution is 2.26. The number of hydrogen-bond donors (Lipinski definition) is 1. The normalized spacial score (nSPS) is 10.6. The van der Waals surface area contributed by atoms with E-state index in [1.165, 1.54) is 11.8 Å². The standard InChI is InChI=1S/C19H20N4O3S/c1-3-10-20-17(24)13-27-19-22-21-18(14-6-8-15(25-2)9-7-14)23(19)12-16-5-4-11-26-16/h3-9,11H,1,10,12-13H2,2H3,(H,20,24). The Morgan fingerprint density at radius 3 is 2.81 bits per heavy atom. The quantitative estimate of drug-likeness (QED) is 0.451. The van der Waals surface area contributed by atoms with Gasteiger partial charge in [0.1, 0.15) is 11.5 Å². The molecule has 140 valence electrons. The molecule has 1 N–H and O–H groups in total. The molecule has 2 heterocycles. The van der Waals surface area contributed by atoms with E-state index in [0.29, 0.717) is 24.1 Å². The van der Waals surface area contributed by atoms with Crippen LogP contribution in [-0.4, -0.2) is 40.1 Å². The first-order chi connectivity index (χ1) is 13.2. The van der Waals surface area contributed by atoms with Gasteiger partial charge in [-0.05, 0) is 36.4 Å². The Labute approximate surface area is 161 Å². The van der Waals surface area contributed by atoms with Gasteiger partial charge in [0.15, 0.2) is 11.0 Å². The van der Waals surface area contributed by atoms with Crippen LogP contribution in [0.15, 0.2) is 64.9 Å². The van der Waals surface area contributed by atoms with E-state index in [1.807, 2.05) is 41.0 Å². The summed E-state index contributed by atoms with van der Waals surface area (Å²) < 4.78 is 12.6. The number of carbonyl (C=O) groups is 1. The number of ether oxygens (including phenoxy) is 1. The van der Waals surface area contributed by atoms with Crippen LogP contribution in [0, 0.1) is 0 Å². The zero-order valence-corrected chi connectivity index (χ0v) is 15.7. The van der Waals surface area contributed by atoms with Crippen LogP contribution in [0.2, 0.25) is 0 Å². The van der Waals surface area contributed by atoms with Crippen LogP contribution in [0.25, 0.3) is 11.4 Å². The van der Waals surface area contributed by atoms with Gasteiger partial charge >= 0.3 is 0 Å². The van der Waals surface area contributed by atoms with Crippen LogP contribution in [-0.2, 0) is 11.3 Å². The summed E-state index contributed by atoms with van der Waals surface area (Å²) in [4.78, 5) is 11.9. The van der Waals surface area contributed by atoms with E-state index >= 15 is 0 Å². The van der Waals surface area contributed by atoms with Crippen molar-refractivity contribution in [1.82, 2.24) is 20.1 Å². The summed E-state index contributed by atoms with van der Waals surface area (Å²) in [5, 5.41) is 12.0. The number of rotatable bonds is 9. The van der Waals surface area contributed by atoms with Crippen molar-refractivity contribution in [3.63, 3.8) is 0 Å². The summed E-state index contributed by atoms with van der Waals surface area (Å²) in [6, 6.07) is 11.3. The summed E-state index contributed by atoms with van der Waals surface area (Å²) in [6.07, 6.45) is 3.27. The smallest absolute Gasteiger partial charge is 0.230 e. The molecule has 0 bridgehead atoms. The highest BCUT2D eigenvalue weighted by molar-refractivity contribution is 7.99. The molecule has 0 aliphatic rings. The zero-order valence-electron chi connectivity index (χ0n) is 14.9. The Morgan fingerprint density at radius 2 is 2.15 bits per heavy atom. The summed E-state index contributed by atoms with van der Waals surface area (Å²) >= 11 is 1.33. The molecule has 0 aliphatic heterocycles. The van der Waals surface area contributed by atoms with Gasteiger partial charge in [-0.3, -0.25) is 9.36 Å². The second-order valence-electron chi connectivity index (χ2n) is 5.58. The molecule has 2 aromatic heterocycles. The number of methoxy groups -OCH3 is 1. The topological polar surface area (TPSA) is 82.2 Å². The van der Waals surface area contributed by atoms with Crippen LogP contribution < -0.4 is 10.1 Å². The largest absolute Gasteiger partial charge is 0.497 e. The van der Waals surface area contributed by atoms with Crippen LogP contribution in [0.3, 0.4) is 0 Å². The predicted molar refractivity (Wildman–Crippen MR) is 104 cm³/mol. The van der Waals surface area contributed by atoms with E-state index in [-0.39, 0.29) is 11.7 Å². The van der Waals surface area contributed by atoms with Gasteiger partial charge in [-0.25, -0.2) is 0 Å². The van der Waals surface area contributed by atoms with E-state index < -0.39 is 0 Å². The first kappa shape index (κ1) is 18.8. The molecule has 0 aliphatic carbocycles. The van der Waals surface area contributed by atoms with Gasteiger partial charge in [0.25, 0.3) is 0 Å². The van der Waals surface area contributed by atoms with E-state index in [0.717, 1.165) is 17.1 Å². The van der Waals surface area contributed by atoms with E-state index in [2.05, 4.69) is 22.1 Å². The number of nitrogens with zero attached hydrogens (tertiary/aromatic N) is 3. The fourth-order valence-electron chi connectivity index (χ4n) is 2.42. The molecule has 0 spiro atoms. The zero-order chi connectivity index (χ0) is 19.1. The number of nitrogens with one attached hydrogen (secondary N) is 1. The second-order valence-corrected chi connectivity index (χ2v) is 6.52. The van der Waals surface area contributed by atoms with E-state index in [1.54, 1.807) is 19.4 Å². The lowest BCUT2D eigenvalue weighted by atomic mass is 10.2. The number of carbonyl (C=O) groups excluding carboxylic acids is 1. The number of hydrogen-bond acceptors (Lipinski definition) is 6. The molecule has 0 atom stereocenters. The molecule has 0 fully saturated rings. The molecule has 1 amide bonds. The van der Waals surface area contributed by atoms with Gasteiger partial charge in [-0.2, -0.15) is 0 Å². The molecular formula is C19H20N4O3S. The minimum atomic E-state index is -0.0848. The average molecular weight is 384 g/mol. The van der Waals surface area contributed by atoms with Gasteiger partial charge < -0.3 is 14.5 Å². The molecule has 0 saturated carbocycles. The third kappa shape index (κ3) is 4.79. The van der Waals surface area contributed by atoms with E-state index in [9.17, 15) is 4.79 Å². The van der Waals surface area contributed by atoms with Crippen molar-refractivity contribution in [2.75, 3.05) is 19.4 Å². The Hall–Kier alpha value is -3.00. The van der Waals surface area contributed by atoms with Gasteiger partial charge in [-0.15, -0.1) is 16.8 Å². The summed E-state index contributed by atoms with van der Waals surface area (Å²) in [5.74, 6) is 2.40. The molecule has 3 aromatic rings. The maximum atomic E-state index is 11.9. The molecule has 7 nitrogen and oxygen atoms in total. The van der Waals surface area contributed by atoms with Crippen molar-refractivity contribution in [3.05, 3.63) is 61.1 Å². The van der Waals surface area contributed by atoms with Crippen LogP contribution in [0.5, 0.6) is 5.75 Å². The third-order valence-electron chi connectivity index (χ3n) is 3.74. The molecule has 3 rings (SSSR count). The average Bonchev–Trinajstić information content (AvgIpc) is 3.35. The van der Waals surface area contributed by atoms with Crippen molar-refractivity contribution in [1.29, 1.82) is 0 Å². The van der Waals surface area contributed by atoms with Gasteiger partial charge in [-0.1, -0.05) is 17.8 Å².